The van der Waals surface area contributed by atoms with Crippen LogP contribution < -0.4 is 10.2 Å². The number of amides is 1. The van der Waals surface area contributed by atoms with E-state index in [1.165, 1.54) is 4.90 Å². The van der Waals surface area contributed by atoms with Gasteiger partial charge in [-0.2, -0.15) is 0 Å². The molecule has 0 unspecified atom stereocenters. The summed E-state index contributed by atoms with van der Waals surface area (Å²) in [7, 11) is 0. The van der Waals surface area contributed by atoms with Crippen molar-refractivity contribution in [3.63, 3.8) is 0 Å². The number of carbonyl (C=O) groups is 1. The van der Waals surface area contributed by atoms with Crippen LogP contribution in [0, 0.1) is 6.92 Å². The van der Waals surface area contributed by atoms with E-state index in [2.05, 4.69) is 5.32 Å². The monoisotopic (exact) mass is 328 g/mol. The van der Waals surface area contributed by atoms with Gasteiger partial charge < -0.3 is 5.32 Å². The lowest BCUT2D eigenvalue weighted by Crippen LogP contribution is -2.30. The highest BCUT2D eigenvalue weighted by molar-refractivity contribution is 7.80. The summed E-state index contributed by atoms with van der Waals surface area (Å²) >= 11 is 11.2. The fourth-order valence-electron chi connectivity index (χ4n) is 2.29. The fraction of sp³-hybridized carbons (Fsp3) is 0.0588. The number of rotatable bonds is 2. The first-order chi connectivity index (χ1) is 10.6. The molecule has 110 valence electrons. The molecule has 1 fully saturated rings. The zero-order valence-electron chi connectivity index (χ0n) is 11.8. The summed E-state index contributed by atoms with van der Waals surface area (Å²) in [6.45, 7) is 1.95. The molecule has 3 rings (SSSR count). The molecule has 1 N–H and O–H groups in total. The normalized spacial score (nSPS) is 16.3. The Bertz CT molecular complexity index is 784. The molecule has 0 radical (unpaired) electrons. The molecule has 5 heteroatoms. The van der Waals surface area contributed by atoms with Gasteiger partial charge in [-0.15, -0.1) is 0 Å². The molecule has 0 atom stereocenters. The minimum atomic E-state index is -0.158. The van der Waals surface area contributed by atoms with Gasteiger partial charge in [-0.25, -0.2) is 0 Å². The third-order valence-electron chi connectivity index (χ3n) is 3.42. The number of aryl methyl sites for hydroxylation is 1. The topological polar surface area (TPSA) is 32.3 Å². The quantitative estimate of drug-likeness (QED) is 0.670. The molecule has 0 aromatic heterocycles. The van der Waals surface area contributed by atoms with Crippen LogP contribution in [0.4, 0.5) is 5.69 Å². The Morgan fingerprint density at radius 3 is 2.50 bits per heavy atom. The van der Waals surface area contributed by atoms with Gasteiger partial charge in [0.1, 0.15) is 5.70 Å². The largest absolute Gasteiger partial charge is 0.327 e. The molecule has 1 aliphatic rings. The Balaban J connectivity index is 1.95. The average molecular weight is 329 g/mol. The number of thiocarbonyl (C=S) groups is 1. The zero-order valence-corrected chi connectivity index (χ0v) is 13.4. The smallest absolute Gasteiger partial charge is 0.281 e. The van der Waals surface area contributed by atoms with Crippen molar-refractivity contribution < 1.29 is 4.79 Å². The van der Waals surface area contributed by atoms with Crippen molar-refractivity contribution >= 4 is 46.6 Å². The summed E-state index contributed by atoms with van der Waals surface area (Å²) in [5.74, 6) is -0.158. The minimum absolute atomic E-state index is 0.158. The van der Waals surface area contributed by atoms with Crippen LogP contribution in [0.2, 0.25) is 5.02 Å². The number of hydrogen-bond acceptors (Lipinski definition) is 2. The fourth-order valence-corrected chi connectivity index (χ4v) is 2.71. The second-order valence-electron chi connectivity index (χ2n) is 4.97. The van der Waals surface area contributed by atoms with E-state index in [1.54, 1.807) is 18.2 Å². The lowest BCUT2D eigenvalue weighted by atomic mass is 10.1. The second-order valence-corrected chi connectivity index (χ2v) is 5.79. The summed E-state index contributed by atoms with van der Waals surface area (Å²) in [6, 6.07) is 14.9. The standard InChI is InChI=1S/C17H13ClN2OS/c1-11-4-2-3-5-15(11)20-16(21)14(19-17(20)22)10-12-6-8-13(18)9-7-12/h2-10H,1H3,(H,19,22)/b14-10-. The van der Waals surface area contributed by atoms with Crippen molar-refractivity contribution in [3.05, 3.63) is 70.4 Å². The average Bonchev–Trinajstić information content (AvgIpc) is 2.77. The van der Waals surface area contributed by atoms with Crippen molar-refractivity contribution in [1.29, 1.82) is 0 Å². The van der Waals surface area contributed by atoms with Crippen molar-refractivity contribution in [3.8, 4) is 0 Å². The van der Waals surface area contributed by atoms with Gasteiger partial charge in [0, 0.05) is 5.02 Å². The molecular weight excluding hydrogens is 316 g/mol. The number of benzene rings is 2. The van der Waals surface area contributed by atoms with E-state index in [9.17, 15) is 4.79 Å². The van der Waals surface area contributed by atoms with E-state index in [-0.39, 0.29) is 5.91 Å². The number of nitrogens with zero attached hydrogens (tertiary/aromatic N) is 1. The highest BCUT2D eigenvalue weighted by Crippen LogP contribution is 2.25. The first-order valence-corrected chi connectivity index (χ1v) is 7.53. The highest BCUT2D eigenvalue weighted by atomic mass is 35.5. The van der Waals surface area contributed by atoms with Crippen LogP contribution in [0.25, 0.3) is 6.08 Å². The van der Waals surface area contributed by atoms with Gasteiger partial charge in [-0.1, -0.05) is 41.9 Å². The van der Waals surface area contributed by atoms with E-state index in [4.69, 9.17) is 23.8 Å². The number of carbonyl (C=O) groups excluding carboxylic acids is 1. The molecule has 1 amide bonds. The summed E-state index contributed by atoms with van der Waals surface area (Å²) in [4.78, 5) is 14.1. The van der Waals surface area contributed by atoms with E-state index in [1.807, 2.05) is 43.3 Å². The first kappa shape index (κ1) is 14.8. The summed E-state index contributed by atoms with van der Waals surface area (Å²) < 4.78 is 0. The van der Waals surface area contributed by atoms with Crippen molar-refractivity contribution in [1.82, 2.24) is 5.32 Å². The molecule has 2 aromatic carbocycles. The molecule has 0 bridgehead atoms. The van der Waals surface area contributed by atoms with Gasteiger partial charge in [0.15, 0.2) is 5.11 Å². The lowest BCUT2D eigenvalue weighted by molar-refractivity contribution is -0.113. The molecule has 2 aromatic rings. The van der Waals surface area contributed by atoms with Gasteiger partial charge >= 0.3 is 0 Å². The van der Waals surface area contributed by atoms with Gasteiger partial charge in [0.05, 0.1) is 5.69 Å². The predicted octanol–water partition coefficient (Wildman–Crippen LogP) is 3.91. The Hall–Kier alpha value is -2.17. The van der Waals surface area contributed by atoms with E-state index in [0.29, 0.717) is 15.8 Å². The molecule has 1 heterocycles. The Morgan fingerprint density at radius 2 is 1.82 bits per heavy atom. The van der Waals surface area contributed by atoms with Crippen LogP contribution in [0.1, 0.15) is 11.1 Å². The molecule has 0 spiro atoms. The van der Waals surface area contributed by atoms with Crippen LogP contribution in [0.3, 0.4) is 0 Å². The molecule has 3 nitrogen and oxygen atoms in total. The molecular formula is C17H13ClN2OS. The van der Waals surface area contributed by atoms with Crippen LogP contribution >= 0.6 is 23.8 Å². The van der Waals surface area contributed by atoms with E-state index < -0.39 is 0 Å². The molecule has 1 aliphatic heterocycles. The van der Waals surface area contributed by atoms with Crippen LogP contribution in [-0.4, -0.2) is 11.0 Å². The molecule has 1 saturated heterocycles. The first-order valence-electron chi connectivity index (χ1n) is 6.74. The number of hydrogen-bond donors (Lipinski definition) is 1. The Kier molecular flexibility index (Phi) is 3.96. The Labute approximate surface area is 139 Å². The maximum Gasteiger partial charge on any atom is 0.281 e. The minimum Gasteiger partial charge on any atom is -0.327 e. The van der Waals surface area contributed by atoms with Crippen LogP contribution in [0.5, 0.6) is 0 Å². The van der Waals surface area contributed by atoms with Crippen LogP contribution in [0.15, 0.2) is 54.2 Å². The van der Waals surface area contributed by atoms with Gasteiger partial charge in [-0.05, 0) is 54.5 Å². The SMILES string of the molecule is Cc1ccccc1N1C(=O)/C(=C/c2ccc(Cl)cc2)NC1=S. The maximum absolute atomic E-state index is 12.6. The third kappa shape index (κ3) is 2.75. The lowest BCUT2D eigenvalue weighted by Gasteiger charge is -2.16. The number of anilines is 1. The zero-order chi connectivity index (χ0) is 15.7. The molecule has 0 aliphatic carbocycles. The summed E-state index contributed by atoms with van der Waals surface area (Å²) in [5.41, 5.74) is 3.13. The van der Waals surface area contributed by atoms with Gasteiger partial charge in [0.25, 0.3) is 5.91 Å². The van der Waals surface area contributed by atoms with Crippen LogP contribution in [-0.2, 0) is 4.79 Å². The molecule has 22 heavy (non-hydrogen) atoms. The second kappa shape index (κ2) is 5.91. The highest BCUT2D eigenvalue weighted by Gasteiger charge is 2.32. The number of halogens is 1. The number of para-hydroxylation sites is 1. The third-order valence-corrected chi connectivity index (χ3v) is 3.95. The summed E-state index contributed by atoms with van der Waals surface area (Å²) in [6.07, 6.45) is 1.77. The van der Waals surface area contributed by atoms with Crippen molar-refractivity contribution in [2.24, 2.45) is 0 Å². The molecule has 0 saturated carbocycles. The van der Waals surface area contributed by atoms with E-state index >= 15 is 0 Å². The van der Waals surface area contributed by atoms with E-state index in [0.717, 1.165) is 16.8 Å². The van der Waals surface area contributed by atoms with Crippen molar-refractivity contribution in [2.75, 3.05) is 4.90 Å². The maximum atomic E-state index is 12.6. The Morgan fingerprint density at radius 1 is 1.14 bits per heavy atom. The summed E-state index contributed by atoms with van der Waals surface area (Å²) in [5, 5.41) is 4.02. The van der Waals surface area contributed by atoms with Crippen molar-refractivity contribution in [2.45, 2.75) is 6.92 Å². The van der Waals surface area contributed by atoms with Gasteiger partial charge in [0.2, 0.25) is 0 Å². The van der Waals surface area contributed by atoms with Gasteiger partial charge in [-0.3, -0.25) is 9.69 Å². The predicted molar refractivity (Wildman–Crippen MR) is 93.8 cm³/mol. The number of nitrogens with one attached hydrogen (secondary N) is 1.